The summed E-state index contributed by atoms with van der Waals surface area (Å²) in [5.74, 6) is -0.690. The minimum atomic E-state index is -4.59. The molecule has 0 bridgehead atoms. The normalized spacial score (nSPS) is 15.5. The van der Waals surface area contributed by atoms with Crippen LogP contribution in [0, 0.1) is 0 Å². The van der Waals surface area contributed by atoms with Crippen LogP contribution in [0.25, 0.3) is 0 Å². The Morgan fingerprint density at radius 2 is 1.61 bits per heavy atom. The van der Waals surface area contributed by atoms with Gasteiger partial charge in [0, 0.05) is 44.3 Å². The number of methoxy groups -OCH3 is 1. The fourth-order valence-corrected chi connectivity index (χ4v) is 4.82. The van der Waals surface area contributed by atoms with E-state index in [2.05, 4.69) is 5.32 Å². The smallest absolute Gasteiger partial charge is 0.367 e. The Balaban J connectivity index is 1.37. The van der Waals surface area contributed by atoms with Crippen LogP contribution in [0.1, 0.15) is 71.8 Å². The molecule has 0 saturated carbocycles. The summed E-state index contributed by atoms with van der Waals surface area (Å²) >= 11 is 0. The van der Waals surface area contributed by atoms with Gasteiger partial charge in [0.15, 0.2) is 6.10 Å². The lowest BCUT2D eigenvalue weighted by Gasteiger charge is -2.32. The van der Waals surface area contributed by atoms with Gasteiger partial charge in [-0.1, -0.05) is 42.5 Å². The second kappa shape index (κ2) is 11.4. The number of ether oxygens (including phenoxy) is 1. The lowest BCUT2D eigenvalue weighted by atomic mass is 9.89. The Bertz CT molecular complexity index is 1250. The van der Waals surface area contributed by atoms with E-state index in [4.69, 9.17) is 4.74 Å². The summed E-state index contributed by atoms with van der Waals surface area (Å²) in [6.07, 6.45) is -1.72. The number of nitrogens with one attached hydrogen (secondary N) is 1. The van der Waals surface area contributed by atoms with Gasteiger partial charge in [-0.25, -0.2) is 0 Å². The number of piperidine rings is 1. The largest absolute Gasteiger partial charge is 0.418 e. The van der Waals surface area contributed by atoms with Gasteiger partial charge in [0.2, 0.25) is 0 Å². The van der Waals surface area contributed by atoms with Crippen LogP contribution in [-0.4, -0.2) is 41.5 Å². The van der Waals surface area contributed by atoms with Crippen molar-refractivity contribution in [2.75, 3.05) is 25.5 Å². The fourth-order valence-electron chi connectivity index (χ4n) is 4.82. The second-order valence-electron chi connectivity index (χ2n) is 9.83. The van der Waals surface area contributed by atoms with Crippen LogP contribution in [0.3, 0.4) is 0 Å². The maximum Gasteiger partial charge on any atom is 0.418 e. The van der Waals surface area contributed by atoms with Crippen LogP contribution in [0.2, 0.25) is 0 Å². The fraction of sp³-hybridized carbons (Fsp3) is 0.379. The van der Waals surface area contributed by atoms with E-state index < -0.39 is 23.8 Å². The van der Waals surface area contributed by atoms with Crippen LogP contribution in [-0.2, 0) is 15.7 Å². The molecule has 202 valence electrons. The highest BCUT2D eigenvalue weighted by Crippen LogP contribution is 2.35. The highest BCUT2D eigenvalue weighted by atomic mass is 19.4. The van der Waals surface area contributed by atoms with Gasteiger partial charge in [-0.15, -0.1) is 0 Å². The summed E-state index contributed by atoms with van der Waals surface area (Å²) in [6, 6.07) is 16.6. The molecule has 1 saturated heterocycles. The molecule has 2 amide bonds. The van der Waals surface area contributed by atoms with Crippen molar-refractivity contribution in [2.24, 2.45) is 0 Å². The molecule has 1 N–H and O–H groups in total. The Morgan fingerprint density at radius 1 is 0.974 bits per heavy atom. The number of carbonyl (C=O) groups is 2. The quantitative estimate of drug-likeness (QED) is 0.385. The van der Waals surface area contributed by atoms with Gasteiger partial charge < -0.3 is 19.5 Å². The molecule has 2 heterocycles. The molecular weight excluding hydrogens is 495 g/mol. The third-order valence-electron chi connectivity index (χ3n) is 6.99. The van der Waals surface area contributed by atoms with Gasteiger partial charge >= 0.3 is 6.18 Å². The summed E-state index contributed by atoms with van der Waals surface area (Å²) in [5, 5.41) is 2.88. The topological polar surface area (TPSA) is 63.6 Å². The van der Waals surface area contributed by atoms with Crippen LogP contribution in [0.4, 0.5) is 18.9 Å². The molecule has 1 unspecified atom stereocenters. The first-order chi connectivity index (χ1) is 18.1. The number of alkyl halides is 3. The van der Waals surface area contributed by atoms with Gasteiger partial charge in [0.25, 0.3) is 11.8 Å². The summed E-state index contributed by atoms with van der Waals surface area (Å²) in [7, 11) is 1.49. The molecule has 0 aliphatic carbocycles. The Hall–Kier alpha value is -3.59. The zero-order chi connectivity index (χ0) is 27.4. The van der Waals surface area contributed by atoms with Crippen LogP contribution < -0.4 is 5.32 Å². The molecule has 0 radical (unpaired) electrons. The van der Waals surface area contributed by atoms with Gasteiger partial charge in [-0.05, 0) is 55.9 Å². The number of hydrogen-bond donors (Lipinski definition) is 1. The third-order valence-corrected chi connectivity index (χ3v) is 6.99. The predicted octanol–water partition coefficient (Wildman–Crippen LogP) is 6.43. The molecule has 4 rings (SSSR count). The van der Waals surface area contributed by atoms with Crippen molar-refractivity contribution < 1.29 is 27.5 Å². The SMILES string of the molecule is COC(C(=O)Nc1ccc(C2CCN(C(=O)c3cn(C(C)C)cc3C(F)(F)F)CC2)cc1)c1ccccc1. The number of carbonyl (C=O) groups excluding carboxylic acids is 2. The highest BCUT2D eigenvalue weighted by Gasteiger charge is 2.38. The Kier molecular flexibility index (Phi) is 8.26. The molecule has 6 nitrogen and oxygen atoms in total. The zero-order valence-electron chi connectivity index (χ0n) is 21.7. The van der Waals surface area contributed by atoms with Crippen molar-refractivity contribution in [1.29, 1.82) is 0 Å². The molecule has 2 aromatic carbocycles. The number of benzene rings is 2. The number of anilines is 1. The number of aromatic nitrogens is 1. The van der Waals surface area contributed by atoms with Crippen molar-refractivity contribution in [3.05, 3.63) is 89.2 Å². The monoisotopic (exact) mass is 527 g/mol. The molecule has 1 aliphatic heterocycles. The van der Waals surface area contributed by atoms with Gasteiger partial charge in [0.1, 0.15) is 0 Å². The standard InChI is InChI=1S/C29H32F3N3O3/c1-19(2)35-17-24(25(18-35)29(30,31)32)28(37)34-15-13-21(14-16-34)20-9-11-23(12-10-20)33-27(36)26(38-3)22-7-5-4-6-8-22/h4-12,17-19,21,26H,13-16H2,1-3H3,(H,33,36). The minimum absolute atomic E-state index is 0.169. The average molecular weight is 528 g/mol. The lowest BCUT2D eigenvalue weighted by molar-refractivity contribution is -0.138. The third kappa shape index (κ3) is 6.10. The molecule has 38 heavy (non-hydrogen) atoms. The molecule has 9 heteroatoms. The van der Waals surface area contributed by atoms with E-state index in [0.29, 0.717) is 31.6 Å². The summed E-state index contributed by atoms with van der Waals surface area (Å²) in [6.45, 7) is 4.29. The summed E-state index contributed by atoms with van der Waals surface area (Å²) in [5.41, 5.74) is 1.27. The highest BCUT2D eigenvalue weighted by molar-refractivity contribution is 5.96. The van der Waals surface area contributed by atoms with Crippen molar-refractivity contribution in [1.82, 2.24) is 9.47 Å². The van der Waals surface area contributed by atoms with E-state index >= 15 is 0 Å². The van der Waals surface area contributed by atoms with Crippen molar-refractivity contribution in [2.45, 2.75) is 50.9 Å². The molecule has 1 aliphatic rings. The Labute approximate surface area is 220 Å². The second-order valence-corrected chi connectivity index (χ2v) is 9.83. The van der Waals surface area contributed by atoms with E-state index in [1.807, 2.05) is 54.6 Å². The number of amides is 2. The van der Waals surface area contributed by atoms with E-state index in [9.17, 15) is 22.8 Å². The van der Waals surface area contributed by atoms with Gasteiger partial charge in [-0.3, -0.25) is 9.59 Å². The van der Waals surface area contributed by atoms with Crippen molar-refractivity contribution in [3.63, 3.8) is 0 Å². The predicted molar refractivity (Wildman–Crippen MR) is 139 cm³/mol. The molecule has 1 atom stereocenters. The maximum absolute atomic E-state index is 13.6. The Morgan fingerprint density at radius 3 is 2.16 bits per heavy atom. The maximum atomic E-state index is 13.6. The summed E-state index contributed by atoms with van der Waals surface area (Å²) < 4.78 is 47.6. The van der Waals surface area contributed by atoms with Crippen molar-refractivity contribution in [3.8, 4) is 0 Å². The average Bonchev–Trinajstić information content (AvgIpc) is 3.37. The molecule has 1 aromatic heterocycles. The van der Waals surface area contributed by atoms with E-state index in [0.717, 1.165) is 17.3 Å². The van der Waals surface area contributed by atoms with Crippen LogP contribution in [0.5, 0.6) is 0 Å². The number of rotatable bonds is 7. The number of likely N-dealkylation sites (tertiary alicyclic amines) is 1. The lowest BCUT2D eigenvalue weighted by Crippen LogP contribution is -2.38. The van der Waals surface area contributed by atoms with Crippen LogP contribution >= 0.6 is 0 Å². The zero-order valence-corrected chi connectivity index (χ0v) is 21.7. The summed E-state index contributed by atoms with van der Waals surface area (Å²) in [4.78, 5) is 27.3. The van der Waals surface area contributed by atoms with E-state index in [1.165, 1.54) is 22.8 Å². The van der Waals surface area contributed by atoms with Crippen LogP contribution in [0.15, 0.2) is 67.0 Å². The number of hydrogen-bond acceptors (Lipinski definition) is 3. The first-order valence-electron chi connectivity index (χ1n) is 12.6. The number of halogens is 3. The first-order valence-corrected chi connectivity index (χ1v) is 12.6. The van der Waals surface area contributed by atoms with Gasteiger partial charge in [0.05, 0.1) is 11.1 Å². The molecule has 0 spiro atoms. The minimum Gasteiger partial charge on any atom is -0.367 e. The van der Waals surface area contributed by atoms with E-state index in [1.54, 1.807) is 13.8 Å². The molecular formula is C29H32F3N3O3. The molecule has 1 fully saturated rings. The van der Waals surface area contributed by atoms with Crippen molar-refractivity contribution >= 4 is 17.5 Å². The first kappa shape index (κ1) is 27.4. The molecule has 3 aromatic rings. The number of nitrogens with zero attached hydrogens (tertiary/aromatic N) is 2. The van der Waals surface area contributed by atoms with E-state index in [-0.39, 0.29) is 23.4 Å². The van der Waals surface area contributed by atoms with Gasteiger partial charge in [-0.2, -0.15) is 13.2 Å².